The molecule has 1 N–H and O–H groups in total. The van der Waals surface area contributed by atoms with Gasteiger partial charge in [-0.1, -0.05) is 5.11 Å². The molecule has 0 aromatic heterocycles. The standard InChI is InChI=1S/C6H8N4O2/c11-6-8-5(9-10-6)4-3-12-2-1-7-4/h4,7H,1-3H2. The maximum Gasteiger partial charge on any atom is 0.387 e. The van der Waals surface area contributed by atoms with Crippen LogP contribution in [0.25, 0.3) is 0 Å². The summed E-state index contributed by atoms with van der Waals surface area (Å²) in [5, 5.41) is 10.0. The van der Waals surface area contributed by atoms with Gasteiger partial charge in [-0.15, -0.1) is 5.11 Å². The summed E-state index contributed by atoms with van der Waals surface area (Å²) in [7, 11) is 0. The molecular formula is C6H8N4O2. The Labute approximate surface area is 68.7 Å². The molecule has 0 spiro atoms. The fourth-order valence-electron chi connectivity index (χ4n) is 1.12. The fourth-order valence-corrected chi connectivity index (χ4v) is 1.12. The highest BCUT2D eigenvalue weighted by molar-refractivity contribution is 6.01. The summed E-state index contributed by atoms with van der Waals surface area (Å²) < 4.78 is 5.17. The molecule has 1 atom stereocenters. The number of carbonyl (C=O) groups excluding carboxylic acids is 1. The number of rotatable bonds is 1. The lowest BCUT2D eigenvalue weighted by atomic mass is 10.2. The predicted octanol–water partition coefficient (Wildman–Crippen LogP) is -0.0409. The number of hydrogen-bond acceptors (Lipinski definition) is 4. The van der Waals surface area contributed by atoms with Crippen LogP contribution in [0, 0.1) is 0 Å². The van der Waals surface area contributed by atoms with Gasteiger partial charge in [-0.3, -0.25) is 0 Å². The normalized spacial score (nSPS) is 29.2. The Morgan fingerprint density at radius 1 is 1.50 bits per heavy atom. The van der Waals surface area contributed by atoms with Crippen LogP contribution in [0.1, 0.15) is 0 Å². The van der Waals surface area contributed by atoms with Crippen molar-refractivity contribution in [3.05, 3.63) is 0 Å². The summed E-state index contributed by atoms with van der Waals surface area (Å²) in [6.45, 7) is 1.95. The van der Waals surface area contributed by atoms with Crippen LogP contribution in [0.15, 0.2) is 15.2 Å². The van der Waals surface area contributed by atoms with Crippen LogP contribution in [0.2, 0.25) is 0 Å². The van der Waals surface area contributed by atoms with Gasteiger partial charge >= 0.3 is 6.03 Å². The molecule has 0 aromatic carbocycles. The third-order valence-electron chi connectivity index (χ3n) is 1.68. The van der Waals surface area contributed by atoms with E-state index in [4.69, 9.17) is 4.74 Å². The van der Waals surface area contributed by atoms with Gasteiger partial charge in [-0.25, -0.2) is 4.79 Å². The summed E-state index contributed by atoms with van der Waals surface area (Å²) in [5.41, 5.74) is 0. The molecule has 1 unspecified atom stereocenters. The van der Waals surface area contributed by atoms with Crippen molar-refractivity contribution in [2.75, 3.05) is 19.8 Å². The lowest BCUT2D eigenvalue weighted by Gasteiger charge is -2.21. The summed E-state index contributed by atoms with van der Waals surface area (Å²) in [6.07, 6.45) is 0. The van der Waals surface area contributed by atoms with Crippen molar-refractivity contribution in [3.8, 4) is 0 Å². The number of nitrogens with one attached hydrogen (secondary N) is 1. The molecule has 2 aliphatic heterocycles. The highest BCUT2D eigenvalue weighted by Crippen LogP contribution is 2.05. The number of amides is 2. The van der Waals surface area contributed by atoms with E-state index < -0.39 is 6.03 Å². The lowest BCUT2D eigenvalue weighted by Crippen LogP contribution is -2.45. The Morgan fingerprint density at radius 2 is 2.42 bits per heavy atom. The van der Waals surface area contributed by atoms with Gasteiger partial charge in [0.25, 0.3) is 0 Å². The monoisotopic (exact) mass is 168 g/mol. The van der Waals surface area contributed by atoms with Crippen LogP contribution in [-0.2, 0) is 4.74 Å². The molecule has 6 heteroatoms. The maximum absolute atomic E-state index is 10.6. The highest BCUT2D eigenvalue weighted by Gasteiger charge is 2.23. The zero-order valence-corrected chi connectivity index (χ0v) is 6.36. The van der Waals surface area contributed by atoms with E-state index in [9.17, 15) is 4.79 Å². The smallest absolute Gasteiger partial charge is 0.378 e. The molecule has 2 amide bonds. The van der Waals surface area contributed by atoms with Gasteiger partial charge in [0.2, 0.25) is 0 Å². The van der Waals surface area contributed by atoms with E-state index in [1.165, 1.54) is 0 Å². The molecule has 2 heterocycles. The average Bonchev–Trinajstić information content (AvgIpc) is 2.54. The number of morpholine rings is 1. The number of ether oxygens (including phenoxy) is 1. The average molecular weight is 168 g/mol. The second kappa shape index (κ2) is 3.08. The van der Waals surface area contributed by atoms with Gasteiger partial charge in [-0.2, -0.15) is 4.99 Å². The first-order valence-corrected chi connectivity index (χ1v) is 3.72. The molecule has 6 nitrogen and oxygen atoms in total. The maximum atomic E-state index is 10.6. The SMILES string of the molecule is O=C1N=NC(C2COCCN2)=N1. The molecule has 0 saturated carbocycles. The Balaban J connectivity index is 2.04. The molecule has 1 fully saturated rings. The Morgan fingerprint density at radius 3 is 3.00 bits per heavy atom. The molecule has 0 aromatic rings. The van der Waals surface area contributed by atoms with Gasteiger partial charge in [0.05, 0.1) is 19.3 Å². The minimum Gasteiger partial charge on any atom is -0.378 e. The molecule has 12 heavy (non-hydrogen) atoms. The van der Waals surface area contributed by atoms with Gasteiger partial charge in [0.15, 0.2) is 5.84 Å². The van der Waals surface area contributed by atoms with Crippen molar-refractivity contribution >= 4 is 11.9 Å². The van der Waals surface area contributed by atoms with E-state index in [2.05, 4.69) is 20.5 Å². The van der Waals surface area contributed by atoms with Crippen LogP contribution in [0.3, 0.4) is 0 Å². The molecule has 1 saturated heterocycles. The van der Waals surface area contributed by atoms with Crippen molar-refractivity contribution in [1.29, 1.82) is 0 Å². The second-order valence-corrected chi connectivity index (χ2v) is 2.53. The van der Waals surface area contributed by atoms with E-state index in [1.807, 2.05) is 0 Å². The van der Waals surface area contributed by atoms with E-state index in [1.54, 1.807) is 0 Å². The number of aliphatic imine (C=N–C) groups is 1. The van der Waals surface area contributed by atoms with E-state index in [0.717, 1.165) is 6.54 Å². The fraction of sp³-hybridized carbons (Fsp3) is 0.667. The Hall–Kier alpha value is -1.14. The van der Waals surface area contributed by atoms with E-state index in [-0.39, 0.29) is 6.04 Å². The minimum absolute atomic E-state index is 0.0750. The van der Waals surface area contributed by atoms with Crippen LogP contribution >= 0.6 is 0 Å². The van der Waals surface area contributed by atoms with Crippen molar-refractivity contribution in [2.45, 2.75) is 6.04 Å². The highest BCUT2D eigenvalue weighted by atomic mass is 16.5. The summed E-state index contributed by atoms with van der Waals surface area (Å²) in [5.74, 6) is 0.430. The number of nitrogens with zero attached hydrogens (tertiary/aromatic N) is 3. The Bertz CT molecular complexity index is 254. The minimum atomic E-state index is -0.530. The van der Waals surface area contributed by atoms with Crippen LogP contribution in [0.5, 0.6) is 0 Å². The molecule has 0 bridgehead atoms. The van der Waals surface area contributed by atoms with Crippen molar-refractivity contribution in [2.24, 2.45) is 15.2 Å². The Kier molecular flexibility index (Phi) is 1.92. The summed E-state index contributed by atoms with van der Waals surface area (Å²) in [6, 6.07) is -0.605. The van der Waals surface area contributed by atoms with Crippen LogP contribution < -0.4 is 5.32 Å². The van der Waals surface area contributed by atoms with Crippen molar-refractivity contribution in [3.63, 3.8) is 0 Å². The number of carbonyl (C=O) groups is 1. The van der Waals surface area contributed by atoms with Crippen LogP contribution in [0.4, 0.5) is 4.79 Å². The van der Waals surface area contributed by atoms with Crippen molar-refractivity contribution in [1.82, 2.24) is 5.32 Å². The van der Waals surface area contributed by atoms with Gasteiger partial charge in [0, 0.05) is 6.54 Å². The first kappa shape index (κ1) is 7.51. The van der Waals surface area contributed by atoms with Gasteiger partial charge in [-0.05, 0) is 0 Å². The van der Waals surface area contributed by atoms with Gasteiger partial charge in [0.1, 0.15) is 0 Å². The number of azo groups is 1. The second-order valence-electron chi connectivity index (χ2n) is 2.53. The molecule has 2 aliphatic rings. The third kappa shape index (κ3) is 1.39. The zero-order valence-electron chi connectivity index (χ0n) is 6.36. The number of amidine groups is 1. The largest absolute Gasteiger partial charge is 0.387 e. The summed E-state index contributed by atoms with van der Waals surface area (Å²) >= 11 is 0. The number of urea groups is 1. The van der Waals surface area contributed by atoms with E-state index in [0.29, 0.717) is 19.0 Å². The third-order valence-corrected chi connectivity index (χ3v) is 1.68. The molecule has 64 valence electrons. The summed E-state index contributed by atoms with van der Waals surface area (Å²) in [4.78, 5) is 14.2. The molecule has 0 aliphatic carbocycles. The molecule has 0 radical (unpaired) electrons. The quantitative estimate of drug-likeness (QED) is 0.596. The number of hydrogen-bond donors (Lipinski definition) is 1. The topological polar surface area (TPSA) is 75.4 Å². The van der Waals surface area contributed by atoms with E-state index >= 15 is 0 Å². The molecule has 2 rings (SSSR count). The first-order valence-electron chi connectivity index (χ1n) is 3.72. The van der Waals surface area contributed by atoms with Gasteiger partial charge < -0.3 is 10.1 Å². The lowest BCUT2D eigenvalue weighted by molar-refractivity contribution is 0.0947. The zero-order chi connectivity index (χ0) is 8.39. The van der Waals surface area contributed by atoms with Crippen LogP contribution in [-0.4, -0.2) is 37.7 Å². The molecular weight excluding hydrogens is 160 g/mol. The predicted molar refractivity (Wildman–Crippen MR) is 40.3 cm³/mol. The first-order chi connectivity index (χ1) is 5.86. The van der Waals surface area contributed by atoms with Crippen molar-refractivity contribution < 1.29 is 9.53 Å².